The molecule has 1 aromatic carbocycles. The van der Waals surface area contributed by atoms with Crippen LogP contribution in [-0.2, 0) is 9.84 Å². The lowest BCUT2D eigenvalue weighted by atomic mass is 10.2. The Bertz CT molecular complexity index is 567. The van der Waals surface area contributed by atoms with Gasteiger partial charge in [0.2, 0.25) is 0 Å². The van der Waals surface area contributed by atoms with Crippen molar-refractivity contribution in [2.45, 2.75) is 6.92 Å². The first kappa shape index (κ1) is 16.0. The largest absolute Gasteiger partial charge is 0.351 e. The summed E-state index contributed by atoms with van der Waals surface area (Å²) < 4.78 is 49.4. The molecule has 1 rings (SSSR count). The Balaban J connectivity index is 2.75. The molecule has 1 N–H and O–H groups in total. The third-order valence-electron chi connectivity index (χ3n) is 2.37. The fourth-order valence-electron chi connectivity index (χ4n) is 1.31. The average molecular weight is 356 g/mol. The molecule has 0 atom stereocenters. The molecule has 0 aliphatic heterocycles. The van der Waals surface area contributed by atoms with Crippen molar-refractivity contribution in [2.24, 2.45) is 0 Å². The molecule has 0 unspecified atom stereocenters. The van der Waals surface area contributed by atoms with Crippen molar-refractivity contribution in [3.63, 3.8) is 0 Å². The molecule has 8 heteroatoms. The first-order valence-electron chi connectivity index (χ1n) is 5.40. The molecule has 4 nitrogen and oxygen atoms in total. The zero-order valence-corrected chi connectivity index (χ0v) is 12.4. The Morgan fingerprint density at radius 2 is 1.84 bits per heavy atom. The summed E-state index contributed by atoms with van der Waals surface area (Å²) in [5.41, 5.74) is -0.725. The molecular formula is C11H12BrF2NO3S. The van der Waals surface area contributed by atoms with Gasteiger partial charge < -0.3 is 5.32 Å². The number of amides is 1. The maximum Gasteiger partial charge on any atom is 0.257 e. The zero-order chi connectivity index (χ0) is 14.6. The maximum absolute atomic E-state index is 13.4. The summed E-state index contributed by atoms with van der Waals surface area (Å²) in [4.78, 5) is 11.6. The fraction of sp³-hybridized carbons (Fsp3) is 0.364. The summed E-state index contributed by atoms with van der Waals surface area (Å²) in [6.07, 6.45) is 0. The van der Waals surface area contributed by atoms with Crippen molar-refractivity contribution in [1.82, 2.24) is 5.32 Å². The van der Waals surface area contributed by atoms with E-state index in [1.807, 2.05) is 0 Å². The Morgan fingerprint density at radius 1 is 1.32 bits per heavy atom. The number of sulfone groups is 1. The second kappa shape index (κ2) is 6.42. The van der Waals surface area contributed by atoms with Crippen LogP contribution < -0.4 is 5.32 Å². The van der Waals surface area contributed by atoms with Gasteiger partial charge in [-0.1, -0.05) is 22.9 Å². The van der Waals surface area contributed by atoms with Crippen LogP contribution in [0.25, 0.3) is 0 Å². The van der Waals surface area contributed by atoms with Crippen LogP contribution in [0.15, 0.2) is 16.6 Å². The molecule has 0 aromatic heterocycles. The topological polar surface area (TPSA) is 63.2 Å². The van der Waals surface area contributed by atoms with E-state index in [4.69, 9.17) is 0 Å². The number of hydrogen-bond donors (Lipinski definition) is 1. The third kappa shape index (κ3) is 4.54. The van der Waals surface area contributed by atoms with E-state index in [-0.39, 0.29) is 22.5 Å². The molecular weight excluding hydrogens is 344 g/mol. The molecule has 0 bridgehead atoms. The molecule has 0 heterocycles. The summed E-state index contributed by atoms with van der Waals surface area (Å²) in [6.45, 7) is 1.29. The predicted molar refractivity (Wildman–Crippen MR) is 70.7 cm³/mol. The molecule has 1 amide bonds. The summed E-state index contributed by atoms with van der Waals surface area (Å²) in [5.74, 6) is -3.32. The van der Waals surface area contributed by atoms with Gasteiger partial charge in [-0.2, -0.15) is 0 Å². The highest BCUT2D eigenvalue weighted by molar-refractivity contribution is 9.10. The lowest BCUT2D eigenvalue weighted by molar-refractivity contribution is 0.0947. The van der Waals surface area contributed by atoms with Crippen molar-refractivity contribution in [2.75, 3.05) is 18.1 Å². The Kier molecular flexibility index (Phi) is 5.42. The molecule has 0 spiro atoms. The minimum Gasteiger partial charge on any atom is -0.351 e. The second-order valence-corrected chi connectivity index (χ2v) is 7.13. The van der Waals surface area contributed by atoms with Crippen LogP contribution in [0.5, 0.6) is 0 Å². The minimum absolute atomic E-state index is 0.0517. The predicted octanol–water partition coefficient (Wildman–Crippen LogP) is 1.89. The van der Waals surface area contributed by atoms with Crippen LogP contribution in [-0.4, -0.2) is 32.4 Å². The summed E-state index contributed by atoms with van der Waals surface area (Å²) in [5, 5.41) is 2.18. The van der Waals surface area contributed by atoms with E-state index >= 15 is 0 Å². The minimum atomic E-state index is -3.23. The highest BCUT2D eigenvalue weighted by Crippen LogP contribution is 2.19. The molecule has 0 saturated carbocycles. The highest BCUT2D eigenvalue weighted by atomic mass is 79.9. The third-order valence-corrected chi connectivity index (χ3v) is 4.54. The number of rotatable bonds is 5. The SMILES string of the molecule is CCS(=O)(=O)CCNC(=O)c1c(F)cc(Br)cc1F. The molecule has 0 saturated heterocycles. The second-order valence-electron chi connectivity index (χ2n) is 3.74. The average Bonchev–Trinajstić information content (AvgIpc) is 2.27. The number of carbonyl (C=O) groups is 1. The zero-order valence-electron chi connectivity index (χ0n) is 10.0. The van der Waals surface area contributed by atoms with E-state index in [0.29, 0.717) is 0 Å². The van der Waals surface area contributed by atoms with Crippen LogP contribution in [0.1, 0.15) is 17.3 Å². The van der Waals surface area contributed by atoms with E-state index in [2.05, 4.69) is 21.2 Å². The Morgan fingerprint density at radius 3 is 2.32 bits per heavy atom. The van der Waals surface area contributed by atoms with Gasteiger partial charge in [0.25, 0.3) is 5.91 Å². The van der Waals surface area contributed by atoms with Gasteiger partial charge >= 0.3 is 0 Å². The standard InChI is InChI=1S/C11H12BrF2NO3S/c1-2-19(17,18)4-3-15-11(16)10-8(13)5-7(12)6-9(10)14/h5-6H,2-4H2,1H3,(H,15,16). The van der Waals surface area contributed by atoms with Gasteiger partial charge in [0.05, 0.1) is 5.75 Å². The molecule has 1 aromatic rings. The lowest BCUT2D eigenvalue weighted by Crippen LogP contribution is -2.30. The van der Waals surface area contributed by atoms with E-state index in [0.717, 1.165) is 12.1 Å². The van der Waals surface area contributed by atoms with Crippen LogP contribution in [0.3, 0.4) is 0 Å². The summed E-state index contributed by atoms with van der Waals surface area (Å²) in [6, 6.07) is 1.92. The van der Waals surface area contributed by atoms with Gasteiger partial charge in [-0.05, 0) is 12.1 Å². The van der Waals surface area contributed by atoms with Gasteiger partial charge in [0.1, 0.15) is 17.2 Å². The van der Waals surface area contributed by atoms with Crippen molar-refractivity contribution >= 4 is 31.7 Å². The normalized spacial score (nSPS) is 11.4. The summed E-state index contributed by atoms with van der Waals surface area (Å²) >= 11 is 2.89. The molecule has 0 aliphatic carbocycles. The van der Waals surface area contributed by atoms with Crippen molar-refractivity contribution in [3.05, 3.63) is 33.8 Å². The lowest BCUT2D eigenvalue weighted by Gasteiger charge is -2.07. The van der Waals surface area contributed by atoms with Crippen LogP contribution in [0.2, 0.25) is 0 Å². The Hall–Kier alpha value is -1.02. The summed E-state index contributed by atoms with van der Waals surface area (Å²) in [7, 11) is -3.23. The van der Waals surface area contributed by atoms with E-state index in [9.17, 15) is 22.0 Å². The maximum atomic E-state index is 13.4. The van der Waals surface area contributed by atoms with Crippen molar-refractivity contribution < 1.29 is 22.0 Å². The van der Waals surface area contributed by atoms with Gasteiger partial charge in [-0.3, -0.25) is 4.79 Å². The van der Waals surface area contributed by atoms with Gasteiger partial charge in [0.15, 0.2) is 9.84 Å². The first-order valence-corrected chi connectivity index (χ1v) is 8.01. The van der Waals surface area contributed by atoms with Crippen LogP contribution in [0.4, 0.5) is 8.78 Å². The Labute approximate surface area is 118 Å². The molecule has 19 heavy (non-hydrogen) atoms. The van der Waals surface area contributed by atoms with Crippen LogP contribution in [0, 0.1) is 11.6 Å². The number of halogens is 3. The highest BCUT2D eigenvalue weighted by Gasteiger charge is 2.18. The van der Waals surface area contributed by atoms with E-state index in [1.165, 1.54) is 6.92 Å². The molecule has 0 aliphatic rings. The number of nitrogens with one attached hydrogen (secondary N) is 1. The van der Waals surface area contributed by atoms with Crippen molar-refractivity contribution in [3.8, 4) is 0 Å². The first-order chi connectivity index (χ1) is 8.76. The van der Waals surface area contributed by atoms with E-state index < -0.39 is 32.9 Å². The monoisotopic (exact) mass is 355 g/mol. The van der Waals surface area contributed by atoms with Crippen molar-refractivity contribution in [1.29, 1.82) is 0 Å². The fourth-order valence-corrected chi connectivity index (χ4v) is 2.42. The molecule has 0 radical (unpaired) electrons. The van der Waals surface area contributed by atoms with Gasteiger partial charge in [0, 0.05) is 16.8 Å². The number of hydrogen-bond acceptors (Lipinski definition) is 3. The van der Waals surface area contributed by atoms with Gasteiger partial charge in [-0.25, -0.2) is 17.2 Å². The van der Waals surface area contributed by atoms with Crippen LogP contribution >= 0.6 is 15.9 Å². The number of benzene rings is 1. The van der Waals surface area contributed by atoms with E-state index in [1.54, 1.807) is 0 Å². The smallest absolute Gasteiger partial charge is 0.257 e. The number of carbonyl (C=O) groups excluding carboxylic acids is 1. The molecule has 106 valence electrons. The quantitative estimate of drug-likeness (QED) is 0.877. The molecule has 0 fully saturated rings. The van der Waals surface area contributed by atoms with Gasteiger partial charge in [-0.15, -0.1) is 0 Å².